The van der Waals surface area contributed by atoms with Crippen molar-refractivity contribution in [3.8, 4) is 5.75 Å². The predicted octanol–water partition coefficient (Wildman–Crippen LogP) is 3.31. The van der Waals surface area contributed by atoms with E-state index >= 15 is 0 Å². The number of benzene rings is 2. The van der Waals surface area contributed by atoms with E-state index in [-0.39, 0.29) is 11.8 Å². The van der Waals surface area contributed by atoms with E-state index in [0.29, 0.717) is 40.7 Å². The van der Waals surface area contributed by atoms with Crippen molar-refractivity contribution in [2.45, 2.75) is 6.42 Å². The fraction of sp³-hybridized carbons (Fsp3) is 0.125. The Morgan fingerprint density at radius 3 is 2.86 bits per heavy atom. The Balaban J connectivity index is 1.83. The monoisotopic (exact) mass is 316 g/mol. The van der Waals surface area contributed by atoms with Gasteiger partial charge in [-0.05, 0) is 30.3 Å². The Kier molecular flexibility index (Phi) is 3.98. The third kappa shape index (κ3) is 3.04. The molecule has 2 aromatic rings. The summed E-state index contributed by atoms with van der Waals surface area (Å²) in [4.78, 5) is 23.8. The number of ether oxygens (including phenoxy) is 1. The maximum absolute atomic E-state index is 12.2. The van der Waals surface area contributed by atoms with E-state index in [1.165, 1.54) is 0 Å². The Bertz CT molecular complexity index is 746. The van der Waals surface area contributed by atoms with Gasteiger partial charge in [-0.15, -0.1) is 0 Å². The van der Waals surface area contributed by atoms with Gasteiger partial charge in [-0.1, -0.05) is 23.7 Å². The molecule has 0 spiro atoms. The van der Waals surface area contributed by atoms with E-state index in [0.717, 1.165) is 0 Å². The standard InChI is InChI=1S/C16H13ClN2O3/c17-12-4-2-1-3-11(12)16(21)18-10-5-6-14-13(9-10)19-15(20)7-8-22-14/h1-6,9H,7-8H2,(H,18,21)(H,19,20). The number of carbonyl (C=O) groups is 2. The van der Waals surface area contributed by atoms with Gasteiger partial charge in [-0.2, -0.15) is 0 Å². The summed E-state index contributed by atoms with van der Waals surface area (Å²) in [6.07, 6.45) is 0.302. The van der Waals surface area contributed by atoms with Crippen molar-refractivity contribution in [3.63, 3.8) is 0 Å². The van der Waals surface area contributed by atoms with Crippen molar-refractivity contribution in [2.24, 2.45) is 0 Å². The van der Waals surface area contributed by atoms with Crippen LogP contribution in [0, 0.1) is 0 Å². The molecule has 1 aliphatic heterocycles. The summed E-state index contributed by atoms with van der Waals surface area (Å²) in [5.41, 5.74) is 1.48. The zero-order valence-corrected chi connectivity index (χ0v) is 12.3. The Hall–Kier alpha value is -2.53. The second-order valence-electron chi connectivity index (χ2n) is 4.79. The lowest BCUT2D eigenvalue weighted by Crippen LogP contribution is -2.13. The number of halogens is 1. The molecule has 112 valence electrons. The molecule has 1 aliphatic rings. The second-order valence-corrected chi connectivity index (χ2v) is 5.20. The molecule has 0 radical (unpaired) electrons. The van der Waals surface area contributed by atoms with Crippen LogP contribution in [0.2, 0.25) is 5.02 Å². The third-order valence-corrected chi connectivity index (χ3v) is 3.55. The van der Waals surface area contributed by atoms with Crippen LogP contribution in [0.3, 0.4) is 0 Å². The number of hydrogen-bond acceptors (Lipinski definition) is 3. The van der Waals surface area contributed by atoms with Crippen LogP contribution >= 0.6 is 11.6 Å². The van der Waals surface area contributed by atoms with E-state index in [4.69, 9.17) is 16.3 Å². The number of carbonyl (C=O) groups excluding carboxylic acids is 2. The van der Waals surface area contributed by atoms with Gasteiger partial charge >= 0.3 is 0 Å². The van der Waals surface area contributed by atoms with Crippen LogP contribution in [0.25, 0.3) is 0 Å². The fourth-order valence-electron chi connectivity index (χ4n) is 2.14. The van der Waals surface area contributed by atoms with E-state index in [1.807, 2.05) is 0 Å². The Morgan fingerprint density at radius 2 is 2.05 bits per heavy atom. The Labute approximate surface area is 132 Å². The van der Waals surface area contributed by atoms with Gasteiger partial charge in [0, 0.05) is 5.69 Å². The maximum atomic E-state index is 12.2. The van der Waals surface area contributed by atoms with Crippen molar-refractivity contribution in [3.05, 3.63) is 53.1 Å². The molecule has 0 atom stereocenters. The molecular formula is C16H13ClN2O3. The minimum Gasteiger partial charge on any atom is -0.491 e. The molecule has 0 aliphatic carbocycles. The largest absolute Gasteiger partial charge is 0.491 e. The highest BCUT2D eigenvalue weighted by Crippen LogP contribution is 2.30. The molecule has 1 heterocycles. The minimum atomic E-state index is -0.314. The molecule has 0 aromatic heterocycles. The molecule has 0 unspecified atom stereocenters. The molecule has 0 fully saturated rings. The van der Waals surface area contributed by atoms with Crippen LogP contribution in [0.5, 0.6) is 5.75 Å². The highest BCUT2D eigenvalue weighted by Gasteiger charge is 2.15. The fourth-order valence-corrected chi connectivity index (χ4v) is 2.36. The highest BCUT2D eigenvalue weighted by atomic mass is 35.5. The summed E-state index contributed by atoms with van der Waals surface area (Å²) in [7, 11) is 0. The summed E-state index contributed by atoms with van der Waals surface area (Å²) in [6, 6.07) is 11.9. The van der Waals surface area contributed by atoms with Gasteiger partial charge in [-0.25, -0.2) is 0 Å². The minimum absolute atomic E-state index is 0.117. The molecule has 0 saturated carbocycles. The summed E-state index contributed by atoms with van der Waals surface area (Å²) in [5.74, 6) is 0.154. The SMILES string of the molecule is O=C1CCOc2ccc(NC(=O)c3ccccc3Cl)cc2N1. The molecule has 0 saturated heterocycles. The molecule has 2 N–H and O–H groups in total. The lowest BCUT2D eigenvalue weighted by molar-refractivity contribution is -0.116. The van der Waals surface area contributed by atoms with E-state index < -0.39 is 0 Å². The first-order chi connectivity index (χ1) is 10.6. The first-order valence-electron chi connectivity index (χ1n) is 6.76. The van der Waals surface area contributed by atoms with Gasteiger partial charge in [-0.3, -0.25) is 9.59 Å². The molecule has 2 aromatic carbocycles. The quantitative estimate of drug-likeness (QED) is 0.893. The Morgan fingerprint density at radius 1 is 1.23 bits per heavy atom. The predicted molar refractivity (Wildman–Crippen MR) is 84.6 cm³/mol. The van der Waals surface area contributed by atoms with Gasteiger partial charge in [0.05, 0.1) is 29.3 Å². The number of hydrogen-bond donors (Lipinski definition) is 2. The van der Waals surface area contributed by atoms with E-state index in [9.17, 15) is 9.59 Å². The number of amides is 2. The van der Waals surface area contributed by atoms with Gasteiger partial charge in [0.25, 0.3) is 5.91 Å². The van der Waals surface area contributed by atoms with Crippen LogP contribution < -0.4 is 15.4 Å². The van der Waals surface area contributed by atoms with Crippen LogP contribution in [-0.4, -0.2) is 18.4 Å². The van der Waals surface area contributed by atoms with Crippen molar-refractivity contribution >= 4 is 34.8 Å². The van der Waals surface area contributed by atoms with Crippen molar-refractivity contribution < 1.29 is 14.3 Å². The summed E-state index contributed by atoms with van der Waals surface area (Å²) >= 11 is 6.00. The lowest BCUT2D eigenvalue weighted by Gasteiger charge is -2.11. The maximum Gasteiger partial charge on any atom is 0.257 e. The van der Waals surface area contributed by atoms with Gasteiger partial charge in [0.1, 0.15) is 5.75 Å². The third-order valence-electron chi connectivity index (χ3n) is 3.22. The first kappa shape index (κ1) is 14.4. The second kappa shape index (κ2) is 6.07. The molecule has 22 heavy (non-hydrogen) atoms. The molecular weight excluding hydrogens is 304 g/mol. The highest BCUT2D eigenvalue weighted by molar-refractivity contribution is 6.34. The van der Waals surface area contributed by atoms with Gasteiger partial charge < -0.3 is 15.4 Å². The number of rotatable bonds is 2. The molecule has 0 bridgehead atoms. The van der Waals surface area contributed by atoms with E-state index in [2.05, 4.69) is 10.6 Å². The number of anilines is 2. The lowest BCUT2D eigenvalue weighted by atomic mass is 10.2. The van der Waals surface area contributed by atoms with Crippen LogP contribution in [0.4, 0.5) is 11.4 Å². The van der Waals surface area contributed by atoms with Crippen LogP contribution in [0.1, 0.15) is 16.8 Å². The molecule has 6 heteroatoms. The van der Waals surface area contributed by atoms with Crippen LogP contribution in [0.15, 0.2) is 42.5 Å². The zero-order chi connectivity index (χ0) is 15.5. The topological polar surface area (TPSA) is 67.4 Å². The normalized spacial score (nSPS) is 13.4. The zero-order valence-electron chi connectivity index (χ0n) is 11.6. The summed E-state index contributed by atoms with van der Waals surface area (Å²) in [5, 5.41) is 5.88. The van der Waals surface area contributed by atoms with Gasteiger partial charge in [0.2, 0.25) is 5.91 Å². The van der Waals surface area contributed by atoms with Crippen molar-refractivity contribution in [2.75, 3.05) is 17.2 Å². The first-order valence-corrected chi connectivity index (χ1v) is 7.14. The number of nitrogens with one attached hydrogen (secondary N) is 2. The molecule has 3 rings (SSSR count). The van der Waals surface area contributed by atoms with Gasteiger partial charge in [0.15, 0.2) is 0 Å². The summed E-state index contributed by atoms with van der Waals surface area (Å²) in [6.45, 7) is 0.337. The van der Waals surface area contributed by atoms with Crippen molar-refractivity contribution in [1.29, 1.82) is 0 Å². The molecule has 5 nitrogen and oxygen atoms in total. The summed E-state index contributed by atoms with van der Waals surface area (Å²) < 4.78 is 5.47. The van der Waals surface area contributed by atoms with Crippen LogP contribution in [-0.2, 0) is 4.79 Å². The average molecular weight is 317 g/mol. The smallest absolute Gasteiger partial charge is 0.257 e. The molecule has 2 amide bonds. The average Bonchev–Trinajstić information content (AvgIpc) is 2.67. The van der Waals surface area contributed by atoms with E-state index in [1.54, 1.807) is 42.5 Å². The number of fused-ring (bicyclic) bond motifs is 1. The van der Waals surface area contributed by atoms with Crippen molar-refractivity contribution in [1.82, 2.24) is 0 Å².